The maximum Gasteiger partial charge on any atom is 0.0810 e. The lowest BCUT2D eigenvalue weighted by Gasteiger charge is -2.37. The Kier molecular flexibility index (Phi) is 7.37. The third-order valence-electron chi connectivity index (χ3n) is 5.11. The molecular formula is C18H35NO. The minimum atomic E-state index is 0.153. The van der Waals surface area contributed by atoms with Crippen molar-refractivity contribution in [3.8, 4) is 0 Å². The molecule has 0 atom stereocenters. The van der Waals surface area contributed by atoms with Crippen LogP contribution in [0.5, 0.6) is 0 Å². The summed E-state index contributed by atoms with van der Waals surface area (Å²) in [5.74, 6) is 0. The zero-order valence-corrected chi connectivity index (χ0v) is 13.6. The van der Waals surface area contributed by atoms with E-state index in [1.54, 1.807) is 0 Å². The number of ether oxygens (including phenoxy) is 1. The molecule has 1 N–H and O–H groups in total. The summed E-state index contributed by atoms with van der Waals surface area (Å²) in [7, 11) is 0. The van der Waals surface area contributed by atoms with E-state index in [1.807, 2.05) is 0 Å². The predicted molar refractivity (Wildman–Crippen MR) is 86.2 cm³/mol. The number of nitrogens with one attached hydrogen (secondary N) is 1. The summed E-state index contributed by atoms with van der Waals surface area (Å²) >= 11 is 0. The molecule has 2 fully saturated rings. The minimum Gasteiger partial charge on any atom is -0.370 e. The number of hydrogen-bond donors (Lipinski definition) is 1. The molecule has 0 saturated heterocycles. The normalized spacial score (nSPS) is 25.1. The molecule has 2 saturated carbocycles. The summed E-state index contributed by atoms with van der Waals surface area (Å²) in [4.78, 5) is 0. The van der Waals surface area contributed by atoms with E-state index in [-0.39, 0.29) is 5.60 Å². The summed E-state index contributed by atoms with van der Waals surface area (Å²) < 4.78 is 6.76. The fourth-order valence-corrected chi connectivity index (χ4v) is 3.92. The van der Waals surface area contributed by atoms with Gasteiger partial charge in [-0.05, 0) is 38.6 Å². The lowest BCUT2D eigenvalue weighted by molar-refractivity contribution is -0.105. The molecule has 0 aromatic heterocycles. The SMILES string of the molecule is CCCNCC1(OC2CCCCCC2)CCCCCC1. The first kappa shape index (κ1) is 16.3. The molecule has 0 aromatic carbocycles. The van der Waals surface area contributed by atoms with Gasteiger partial charge >= 0.3 is 0 Å². The Morgan fingerprint density at radius 2 is 1.50 bits per heavy atom. The molecule has 20 heavy (non-hydrogen) atoms. The van der Waals surface area contributed by atoms with Crippen molar-refractivity contribution in [2.75, 3.05) is 13.1 Å². The Balaban J connectivity index is 1.92. The quantitative estimate of drug-likeness (QED) is 0.557. The van der Waals surface area contributed by atoms with Gasteiger partial charge in [0, 0.05) is 6.54 Å². The first-order chi connectivity index (χ1) is 9.85. The van der Waals surface area contributed by atoms with Crippen molar-refractivity contribution in [3.05, 3.63) is 0 Å². The van der Waals surface area contributed by atoms with Gasteiger partial charge in [0.15, 0.2) is 0 Å². The van der Waals surface area contributed by atoms with Crippen LogP contribution in [-0.2, 0) is 4.74 Å². The van der Waals surface area contributed by atoms with E-state index in [4.69, 9.17) is 4.74 Å². The van der Waals surface area contributed by atoms with Crippen LogP contribution in [0.15, 0.2) is 0 Å². The number of hydrogen-bond acceptors (Lipinski definition) is 2. The van der Waals surface area contributed by atoms with Gasteiger partial charge in [-0.3, -0.25) is 0 Å². The van der Waals surface area contributed by atoms with Gasteiger partial charge in [-0.25, -0.2) is 0 Å². The Labute approximate surface area is 126 Å². The van der Waals surface area contributed by atoms with Crippen LogP contribution in [0.4, 0.5) is 0 Å². The van der Waals surface area contributed by atoms with Crippen LogP contribution in [0, 0.1) is 0 Å². The van der Waals surface area contributed by atoms with E-state index in [1.165, 1.54) is 83.5 Å². The third kappa shape index (κ3) is 5.37. The van der Waals surface area contributed by atoms with Crippen LogP contribution in [0.1, 0.15) is 90.4 Å². The van der Waals surface area contributed by atoms with Gasteiger partial charge in [0.1, 0.15) is 0 Å². The minimum absolute atomic E-state index is 0.153. The van der Waals surface area contributed by atoms with Crippen molar-refractivity contribution in [2.45, 2.75) is 102 Å². The molecule has 0 spiro atoms. The molecule has 0 radical (unpaired) electrons. The van der Waals surface area contributed by atoms with E-state index in [0.29, 0.717) is 6.10 Å². The lowest BCUT2D eigenvalue weighted by Crippen LogP contribution is -2.45. The standard InChI is InChI=1S/C18H35NO/c1-2-15-19-16-18(13-9-5-6-10-14-18)20-17-11-7-3-4-8-12-17/h17,19H,2-16H2,1H3. The molecule has 2 aliphatic carbocycles. The van der Waals surface area contributed by atoms with Crippen LogP contribution in [0.3, 0.4) is 0 Å². The zero-order chi connectivity index (χ0) is 14.1. The topological polar surface area (TPSA) is 21.3 Å². The van der Waals surface area contributed by atoms with E-state index < -0.39 is 0 Å². The van der Waals surface area contributed by atoms with Crippen LogP contribution < -0.4 is 5.32 Å². The lowest BCUT2D eigenvalue weighted by atomic mass is 9.93. The Morgan fingerprint density at radius 3 is 2.10 bits per heavy atom. The van der Waals surface area contributed by atoms with Crippen molar-refractivity contribution in [2.24, 2.45) is 0 Å². The van der Waals surface area contributed by atoms with E-state index >= 15 is 0 Å². The largest absolute Gasteiger partial charge is 0.370 e. The molecular weight excluding hydrogens is 246 g/mol. The summed E-state index contributed by atoms with van der Waals surface area (Å²) in [6.45, 7) is 4.46. The van der Waals surface area contributed by atoms with Crippen molar-refractivity contribution in [1.82, 2.24) is 5.32 Å². The van der Waals surface area contributed by atoms with E-state index in [2.05, 4.69) is 12.2 Å². The third-order valence-corrected chi connectivity index (χ3v) is 5.11. The Morgan fingerprint density at radius 1 is 0.900 bits per heavy atom. The fourth-order valence-electron chi connectivity index (χ4n) is 3.92. The highest BCUT2D eigenvalue weighted by Gasteiger charge is 2.34. The summed E-state index contributed by atoms with van der Waals surface area (Å²) in [6, 6.07) is 0. The Bertz CT molecular complexity index is 238. The van der Waals surface area contributed by atoms with Gasteiger partial charge in [0.2, 0.25) is 0 Å². The van der Waals surface area contributed by atoms with Gasteiger partial charge in [0.25, 0.3) is 0 Å². The molecule has 2 nitrogen and oxygen atoms in total. The maximum absolute atomic E-state index is 6.76. The zero-order valence-electron chi connectivity index (χ0n) is 13.6. The molecule has 2 aliphatic rings. The Hall–Kier alpha value is -0.0800. The van der Waals surface area contributed by atoms with Gasteiger partial charge in [-0.15, -0.1) is 0 Å². The second-order valence-corrected chi connectivity index (χ2v) is 7.01. The van der Waals surface area contributed by atoms with Crippen molar-refractivity contribution in [1.29, 1.82) is 0 Å². The highest BCUT2D eigenvalue weighted by Crippen LogP contribution is 2.34. The molecule has 0 unspecified atom stereocenters. The van der Waals surface area contributed by atoms with Gasteiger partial charge in [-0.2, -0.15) is 0 Å². The smallest absolute Gasteiger partial charge is 0.0810 e. The van der Waals surface area contributed by atoms with E-state index in [0.717, 1.165) is 13.1 Å². The molecule has 0 aliphatic heterocycles. The molecule has 2 heteroatoms. The number of rotatable bonds is 6. The molecule has 0 bridgehead atoms. The second kappa shape index (κ2) is 9.04. The van der Waals surface area contributed by atoms with Crippen molar-refractivity contribution in [3.63, 3.8) is 0 Å². The summed E-state index contributed by atoms with van der Waals surface area (Å²) in [5, 5.41) is 3.65. The second-order valence-electron chi connectivity index (χ2n) is 7.01. The monoisotopic (exact) mass is 281 g/mol. The highest BCUT2D eigenvalue weighted by molar-refractivity contribution is 4.87. The van der Waals surface area contributed by atoms with Crippen LogP contribution >= 0.6 is 0 Å². The molecule has 0 amide bonds. The molecule has 0 aromatic rings. The first-order valence-electron chi connectivity index (χ1n) is 9.23. The highest BCUT2D eigenvalue weighted by atomic mass is 16.5. The van der Waals surface area contributed by atoms with Gasteiger partial charge < -0.3 is 10.1 Å². The average molecular weight is 281 g/mol. The predicted octanol–water partition coefficient (Wildman–Crippen LogP) is 4.82. The maximum atomic E-state index is 6.76. The molecule has 2 rings (SSSR count). The average Bonchev–Trinajstić information content (AvgIpc) is 2.83. The van der Waals surface area contributed by atoms with Gasteiger partial charge in [-0.1, -0.05) is 58.3 Å². The van der Waals surface area contributed by atoms with Crippen LogP contribution in [0.2, 0.25) is 0 Å². The summed E-state index contributed by atoms with van der Waals surface area (Å²) in [5.41, 5.74) is 0.153. The van der Waals surface area contributed by atoms with Gasteiger partial charge in [0.05, 0.1) is 11.7 Å². The molecule has 0 heterocycles. The first-order valence-corrected chi connectivity index (χ1v) is 9.23. The van der Waals surface area contributed by atoms with Crippen molar-refractivity contribution >= 4 is 0 Å². The van der Waals surface area contributed by atoms with Crippen LogP contribution in [0.25, 0.3) is 0 Å². The molecule has 118 valence electrons. The fraction of sp³-hybridized carbons (Fsp3) is 1.00. The summed E-state index contributed by atoms with van der Waals surface area (Å²) in [6.07, 6.45) is 18.0. The van der Waals surface area contributed by atoms with Crippen molar-refractivity contribution < 1.29 is 4.74 Å². The van der Waals surface area contributed by atoms with E-state index in [9.17, 15) is 0 Å². The van der Waals surface area contributed by atoms with Crippen LogP contribution in [-0.4, -0.2) is 24.8 Å².